The number of likely N-dealkylation sites (tertiary alicyclic amines) is 1. The summed E-state index contributed by atoms with van der Waals surface area (Å²) in [5.41, 5.74) is 2.56. The number of carbonyl (C=O) groups is 2. The molecular formula is C27H28ClN3O4. The molecule has 0 atom stereocenters. The molecule has 4 rings (SSSR count). The molecule has 2 amide bonds. The Balaban J connectivity index is 1.33. The highest BCUT2D eigenvalue weighted by molar-refractivity contribution is 6.31. The van der Waals surface area contributed by atoms with E-state index in [0.717, 1.165) is 31.5 Å². The van der Waals surface area contributed by atoms with Crippen molar-refractivity contribution in [2.75, 3.05) is 30.8 Å². The van der Waals surface area contributed by atoms with Gasteiger partial charge in [0.05, 0.1) is 18.5 Å². The van der Waals surface area contributed by atoms with Crippen LogP contribution in [0.1, 0.15) is 28.8 Å². The van der Waals surface area contributed by atoms with Crippen LogP contribution >= 0.6 is 11.6 Å². The molecule has 1 saturated heterocycles. The first-order chi connectivity index (χ1) is 16.9. The molecule has 1 aliphatic heterocycles. The van der Waals surface area contributed by atoms with Crippen LogP contribution in [0.5, 0.6) is 11.5 Å². The molecule has 1 fully saturated rings. The summed E-state index contributed by atoms with van der Waals surface area (Å²) in [6.45, 7) is 2.21. The van der Waals surface area contributed by atoms with Crippen molar-refractivity contribution in [1.29, 1.82) is 0 Å². The zero-order valence-electron chi connectivity index (χ0n) is 19.5. The Labute approximate surface area is 209 Å². The van der Waals surface area contributed by atoms with Crippen molar-refractivity contribution in [3.63, 3.8) is 0 Å². The van der Waals surface area contributed by atoms with Crippen LogP contribution < -0.4 is 15.4 Å². The molecule has 0 aromatic heterocycles. The monoisotopic (exact) mass is 493 g/mol. The normalized spacial score (nSPS) is 14.3. The summed E-state index contributed by atoms with van der Waals surface area (Å²) < 4.78 is 5.14. The molecule has 3 N–H and O–H groups in total. The predicted octanol–water partition coefficient (Wildman–Crippen LogP) is 5.16. The molecule has 35 heavy (non-hydrogen) atoms. The van der Waals surface area contributed by atoms with Crippen molar-refractivity contribution in [2.24, 2.45) is 5.92 Å². The average molecular weight is 494 g/mol. The Bertz CT molecular complexity index is 1190. The number of para-hydroxylation sites is 2. The molecule has 0 saturated carbocycles. The number of anilines is 2. The number of nitrogens with zero attached hydrogens (tertiary/aromatic N) is 1. The lowest BCUT2D eigenvalue weighted by Gasteiger charge is -2.31. The lowest BCUT2D eigenvalue weighted by Crippen LogP contribution is -2.37. The van der Waals surface area contributed by atoms with Crippen molar-refractivity contribution < 1.29 is 19.4 Å². The number of rotatable bonds is 7. The van der Waals surface area contributed by atoms with E-state index in [0.29, 0.717) is 34.3 Å². The Kier molecular flexibility index (Phi) is 7.90. The first kappa shape index (κ1) is 24.6. The van der Waals surface area contributed by atoms with E-state index in [4.69, 9.17) is 16.3 Å². The SMILES string of the molecule is COc1ccc(C(=O)Nc2ccccc2NC(=O)C2CCN(Cc3ccc(O)cc3Cl)CC2)cc1. The number of methoxy groups -OCH3 is 1. The molecule has 0 radical (unpaired) electrons. The van der Waals surface area contributed by atoms with Crippen LogP contribution in [0.4, 0.5) is 11.4 Å². The second kappa shape index (κ2) is 11.3. The predicted molar refractivity (Wildman–Crippen MR) is 137 cm³/mol. The van der Waals surface area contributed by atoms with E-state index in [9.17, 15) is 14.7 Å². The number of hydrogen-bond acceptors (Lipinski definition) is 5. The van der Waals surface area contributed by atoms with Crippen LogP contribution in [0.3, 0.4) is 0 Å². The van der Waals surface area contributed by atoms with Gasteiger partial charge in [0.25, 0.3) is 5.91 Å². The van der Waals surface area contributed by atoms with Crippen molar-refractivity contribution >= 4 is 34.8 Å². The zero-order valence-corrected chi connectivity index (χ0v) is 20.2. The number of ether oxygens (including phenoxy) is 1. The third-order valence-electron chi connectivity index (χ3n) is 6.17. The number of nitrogens with one attached hydrogen (secondary N) is 2. The van der Waals surface area contributed by atoms with Gasteiger partial charge in [-0.15, -0.1) is 0 Å². The zero-order chi connectivity index (χ0) is 24.8. The van der Waals surface area contributed by atoms with Gasteiger partial charge in [0, 0.05) is 23.0 Å². The van der Waals surface area contributed by atoms with E-state index in [-0.39, 0.29) is 23.5 Å². The quantitative estimate of drug-likeness (QED) is 0.423. The molecule has 0 spiro atoms. The van der Waals surface area contributed by atoms with Crippen LogP contribution in [-0.4, -0.2) is 42.0 Å². The standard InChI is InChI=1S/C27H28ClN3O4/c1-35-22-10-7-18(8-11-22)26(33)29-24-4-2-3-5-25(24)30-27(34)19-12-14-31(15-13-19)17-20-6-9-21(32)16-23(20)28/h2-11,16,19,32H,12-15,17H2,1H3,(H,29,33)(H,30,34). The van der Waals surface area contributed by atoms with Gasteiger partial charge in [0.2, 0.25) is 5.91 Å². The Morgan fingerprint density at radius 1 is 1.00 bits per heavy atom. The number of aromatic hydroxyl groups is 1. The summed E-state index contributed by atoms with van der Waals surface area (Å²) >= 11 is 6.24. The number of phenols is 1. The fourth-order valence-corrected chi connectivity index (χ4v) is 4.37. The highest BCUT2D eigenvalue weighted by Gasteiger charge is 2.26. The molecule has 0 aliphatic carbocycles. The fraction of sp³-hybridized carbons (Fsp3) is 0.259. The maximum atomic E-state index is 13.0. The number of benzene rings is 3. The van der Waals surface area contributed by atoms with Crippen molar-refractivity contribution in [1.82, 2.24) is 4.90 Å². The van der Waals surface area contributed by atoms with Gasteiger partial charge in [-0.3, -0.25) is 14.5 Å². The summed E-state index contributed by atoms with van der Waals surface area (Å²) in [7, 11) is 1.57. The lowest BCUT2D eigenvalue weighted by atomic mass is 9.95. The third kappa shape index (κ3) is 6.32. The molecule has 3 aromatic rings. The molecule has 1 aliphatic rings. The van der Waals surface area contributed by atoms with E-state index in [1.54, 1.807) is 55.6 Å². The van der Waals surface area contributed by atoms with Gasteiger partial charge in [-0.25, -0.2) is 0 Å². The van der Waals surface area contributed by atoms with Gasteiger partial charge in [0.15, 0.2) is 0 Å². The first-order valence-electron chi connectivity index (χ1n) is 11.5. The number of piperidine rings is 1. The third-order valence-corrected chi connectivity index (χ3v) is 6.53. The van der Waals surface area contributed by atoms with Crippen molar-refractivity contribution in [3.05, 3.63) is 82.9 Å². The second-order valence-electron chi connectivity index (χ2n) is 8.54. The lowest BCUT2D eigenvalue weighted by molar-refractivity contribution is -0.121. The van der Waals surface area contributed by atoms with Crippen LogP contribution in [0.25, 0.3) is 0 Å². The summed E-state index contributed by atoms with van der Waals surface area (Å²) in [5.74, 6) is 0.377. The topological polar surface area (TPSA) is 90.9 Å². The van der Waals surface area contributed by atoms with E-state index >= 15 is 0 Å². The number of carbonyl (C=O) groups excluding carboxylic acids is 2. The van der Waals surface area contributed by atoms with Gasteiger partial charge in [-0.05, 0) is 80.0 Å². The molecule has 3 aromatic carbocycles. The molecule has 8 heteroatoms. The Morgan fingerprint density at radius 3 is 2.29 bits per heavy atom. The molecular weight excluding hydrogens is 466 g/mol. The van der Waals surface area contributed by atoms with Gasteiger partial charge in [-0.2, -0.15) is 0 Å². The summed E-state index contributed by atoms with van der Waals surface area (Å²) in [6.07, 6.45) is 1.45. The van der Waals surface area contributed by atoms with Gasteiger partial charge >= 0.3 is 0 Å². The minimum atomic E-state index is -0.268. The second-order valence-corrected chi connectivity index (χ2v) is 8.95. The van der Waals surface area contributed by atoms with E-state index < -0.39 is 0 Å². The van der Waals surface area contributed by atoms with E-state index in [1.807, 2.05) is 18.2 Å². The number of phenolic OH excluding ortho intramolecular Hbond substituents is 1. The number of amides is 2. The smallest absolute Gasteiger partial charge is 0.255 e. The molecule has 0 bridgehead atoms. The summed E-state index contributed by atoms with van der Waals surface area (Å²) in [6, 6.07) is 19.0. The van der Waals surface area contributed by atoms with E-state index in [2.05, 4.69) is 15.5 Å². The van der Waals surface area contributed by atoms with Crippen LogP contribution in [0.15, 0.2) is 66.7 Å². The van der Waals surface area contributed by atoms with Crippen molar-refractivity contribution in [3.8, 4) is 11.5 Å². The van der Waals surface area contributed by atoms with Gasteiger partial charge in [0.1, 0.15) is 11.5 Å². The summed E-state index contributed by atoms with van der Waals surface area (Å²) in [5, 5.41) is 16.0. The Morgan fingerprint density at radius 2 is 1.66 bits per heavy atom. The van der Waals surface area contributed by atoms with Gasteiger partial charge in [-0.1, -0.05) is 29.8 Å². The van der Waals surface area contributed by atoms with Crippen molar-refractivity contribution in [2.45, 2.75) is 19.4 Å². The summed E-state index contributed by atoms with van der Waals surface area (Å²) in [4.78, 5) is 27.9. The minimum Gasteiger partial charge on any atom is -0.508 e. The highest BCUT2D eigenvalue weighted by atomic mass is 35.5. The Hall–Kier alpha value is -3.55. The van der Waals surface area contributed by atoms with Crippen LogP contribution in [-0.2, 0) is 11.3 Å². The number of hydrogen-bond donors (Lipinski definition) is 3. The molecule has 182 valence electrons. The maximum Gasteiger partial charge on any atom is 0.255 e. The minimum absolute atomic E-state index is 0.0570. The first-order valence-corrected chi connectivity index (χ1v) is 11.9. The average Bonchev–Trinajstić information content (AvgIpc) is 2.87. The molecule has 1 heterocycles. The molecule has 7 nitrogen and oxygen atoms in total. The largest absolute Gasteiger partial charge is 0.508 e. The van der Waals surface area contributed by atoms with Crippen LogP contribution in [0.2, 0.25) is 5.02 Å². The van der Waals surface area contributed by atoms with Gasteiger partial charge < -0.3 is 20.5 Å². The fourth-order valence-electron chi connectivity index (χ4n) is 4.13. The number of halogens is 1. The van der Waals surface area contributed by atoms with E-state index in [1.165, 1.54) is 0 Å². The highest BCUT2D eigenvalue weighted by Crippen LogP contribution is 2.27. The maximum absolute atomic E-state index is 13.0. The van der Waals surface area contributed by atoms with Crippen LogP contribution in [0, 0.1) is 5.92 Å². The molecule has 0 unspecified atom stereocenters.